The normalized spacial score (nSPS) is 11.9. The number of nitrogens with zero attached hydrogens (tertiary/aromatic N) is 5. The van der Waals surface area contributed by atoms with E-state index in [4.69, 9.17) is 4.52 Å². The number of hydrogen-bond acceptors (Lipinski definition) is 6. The second-order valence-corrected chi connectivity index (χ2v) is 5.69. The van der Waals surface area contributed by atoms with Gasteiger partial charge < -0.3 is 9.42 Å². The minimum atomic E-state index is -0.127. The van der Waals surface area contributed by atoms with Crippen LogP contribution in [-0.2, 0) is 11.2 Å². The van der Waals surface area contributed by atoms with Gasteiger partial charge in [-0.2, -0.15) is 4.98 Å². The summed E-state index contributed by atoms with van der Waals surface area (Å²) in [6.07, 6.45) is 3.84. The molecule has 7 heteroatoms. The Morgan fingerprint density at radius 1 is 1.24 bits per heavy atom. The molecule has 3 aromatic rings. The molecule has 0 bridgehead atoms. The summed E-state index contributed by atoms with van der Waals surface area (Å²) in [6, 6.07) is 11.3. The van der Waals surface area contributed by atoms with Crippen molar-refractivity contribution in [2.75, 3.05) is 7.05 Å². The Kier molecular flexibility index (Phi) is 5.13. The first-order valence-corrected chi connectivity index (χ1v) is 8.04. The summed E-state index contributed by atoms with van der Waals surface area (Å²) in [7, 11) is 1.76. The number of rotatable bonds is 6. The number of aromatic nitrogens is 4. The molecule has 0 saturated carbocycles. The van der Waals surface area contributed by atoms with Gasteiger partial charge in [-0.1, -0.05) is 35.5 Å². The van der Waals surface area contributed by atoms with Gasteiger partial charge in [0.15, 0.2) is 0 Å². The second-order valence-electron chi connectivity index (χ2n) is 5.69. The van der Waals surface area contributed by atoms with Gasteiger partial charge in [-0.3, -0.25) is 4.79 Å². The third-order valence-corrected chi connectivity index (χ3v) is 4.06. The molecule has 0 aliphatic rings. The van der Waals surface area contributed by atoms with E-state index in [1.807, 2.05) is 37.3 Å². The maximum absolute atomic E-state index is 12.4. The number of aryl methyl sites for hydroxylation is 1. The number of benzene rings is 1. The Labute approximate surface area is 145 Å². The van der Waals surface area contributed by atoms with Crippen LogP contribution in [0.15, 0.2) is 53.4 Å². The molecule has 0 N–H and O–H groups in total. The molecule has 0 radical (unpaired) electrons. The lowest BCUT2D eigenvalue weighted by Crippen LogP contribution is -2.30. The molecule has 0 aliphatic carbocycles. The predicted octanol–water partition coefficient (Wildman–Crippen LogP) is 2.68. The molecule has 128 valence electrons. The Morgan fingerprint density at radius 3 is 2.76 bits per heavy atom. The largest absolute Gasteiger partial charge is 0.339 e. The fourth-order valence-electron chi connectivity index (χ4n) is 2.41. The quantitative estimate of drug-likeness (QED) is 0.687. The Bertz CT molecular complexity index is 820. The third-order valence-electron chi connectivity index (χ3n) is 4.06. The van der Waals surface area contributed by atoms with Crippen LogP contribution in [-0.4, -0.2) is 38.0 Å². The van der Waals surface area contributed by atoms with Crippen molar-refractivity contribution in [2.24, 2.45) is 0 Å². The molecule has 3 rings (SSSR count). The van der Waals surface area contributed by atoms with Gasteiger partial charge in [0.25, 0.3) is 0 Å². The summed E-state index contributed by atoms with van der Waals surface area (Å²) in [5, 5.41) is 3.96. The van der Waals surface area contributed by atoms with E-state index in [2.05, 4.69) is 20.1 Å². The van der Waals surface area contributed by atoms with E-state index in [1.54, 1.807) is 24.2 Å². The summed E-state index contributed by atoms with van der Waals surface area (Å²) in [5.74, 6) is 0.978. The van der Waals surface area contributed by atoms with Gasteiger partial charge in [-0.15, -0.1) is 0 Å². The van der Waals surface area contributed by atoms with Crippen molar-refractivity contribution in [1.29, 1.82) is 0 Å². The van der Waals surface area contributed by atoms with Crippen molar-refractivity contribution in [2.45, 2.75) is 25.8 Å². The van der Waals surface area contributed by atoms with Crippen molar-refractivity contribution in [3.8, 4) is 11.4 Å². The van der Waals surface area contributed by atoms with E-state index in [-0.39, 0.29) is 11.9 Å². The third kappa shape index (κ3) is 4.06. The maximum Gasteiger partial charge on any atom is 0.227 e. The van der Waals surface area contributed by atoms with Gasteiger partial charge in [0.2, 0.25) is 17.6 Å². The first-order chi connectivity index (χ1) is 12.1. The van der Waals surface area contributed by atoms with E-state index in [0.717, 1.165) is 11.3 Å². The molecular formula is C18H19N5O2. The fourth-order valence-corrected chi connectivity index (χ4v) is 2.41. The first-order valence-electron chi connectivity index (χ1n) is 8.04. The highest BCUT2D eigenvalue weighted by Crippen LogP contribution is 2.18. The van der Waals surface area contributed by atoms with Crippen LogP contribution in [0, 0.1) is 0 Å². The molecule has 1 atom stereocenters. The standard InChI is InChI=1S/C18H19N5O2/c1-13(15-10-11-19-12-20-15)23(2)17(24)9-8-16-21-18(22-25-16)14-6-4-3-5-7-14/h3-7,10-13H,8-9H2,1-2H3. The Hall–Kier alpha value is -3.09. The lowest BCUT2D eigenvalue weighted by molar-refractivity contribution is -0.131. The molecule has 1 amide bonds. The second kappa shape index (κ2) is 7.65. The molecule has 7 nitrogen and oxygen atoms in total. The molecule has 0 spiro atoms. The molecule has 1 unspecified atom stereocenters. The van der Waals surface area contributed by atoms with E-state index in [9.17, 15) is 4.79 Å². The Balaban J connectivity index is 1.58. The van der Waals surface area contributed by atoms with E-state index in [1.165, 1.54) is 6.33 Å². The molecule has 2 aromatic heterocycles. The van der Waals surface area contributed by atoms with Gasteiger partial charge in [0.1, 0.15) is 6.33 Å². The molecular weight excluding hydrogens is 318 g/mol. The van der Waals surface area contributed by atoms with Crippen LogP contribution in [0.1, 0.15) is 31.0 Å². The van der Waals surface area contributed by atoms with Crippen LogP contribution in [0.4, 0.5) is 0 Å². The lowest BCUT2D eigenvalue weighted by atomic mass is 10.2. The topological polar surface area (TPSA) is 85.0 Å². The zero-order valence-corrected chi connectivity index (χ0v) is 14.2. The maximum atomic E-state index is 12.4. The van der Waals surface area contributed by atoms with Crippen LogP contribution < -0.4 is 0 Å². The van der Waals surface area contributed by atoms with Crippen molar-refractivity contribution < 1.29 is 9.32 Å². The van der Waals surface area contributed by atoms with Crippen molar-refractivity contribution >= 4 is 5.91 Å². The Morgan fingerprint density at radius 2 is 2.04 bits per heavy atom. The summed E-state index contributed by atoms with van der Waals surface area (Å²) in [6.45, 7) is 1.93. The zero-order valence-electron chi connectivity index (χ0n) is 14.2. The molecule has 2 heterocycles. The van der Waals surface area contributed by atoms with Gasteiger partial charge in [0.05, 0.1) is 11.7 Å². The minimum absolute atomic E-state index is 0.00873. The highest BCUT2D eigenvalue weighted by molar-refractivity contribution is 5.76. The summed E-state index contributed by atoms with van der Waals surface area (Å²) in [4.78, 5) is 26.5. The van der Waals surface area contributed by atoms with Crippen LogP contribution in [0.2, 0.25) is 0 Å². The van der Waals surface area contributed by atoms with Crippen LogP contribution >= 0.6 is 0 Å². The predicted molar refractivity (Wildman–Crippen MR) is 91.3 cm³/mol. The lowest BCUT2D eigenvalue weighted by Gasteiger charge is -2.24. The summed E-state index contributed by atoms with van der Waals surface area (Å²) >= 11 is 0. The van der Waals surface area contributed by atoms with E-state index in [0.29, 0.717) is 24.6 Å². The molecule has 0 aliphatic heterocycles. The molecule has 0 fully saturated rings. The average Bonchev–Trinajstić information content (AvgIpc) is 3.15. The van der Waals surface area contributed by atoms with E-state index >= 15 is 0 Å². The van der Waals surface area contributed by atoms with Crippen molar-refractivity contribution in [3.63, 3.8) is 0 Å². The van der Waals surface area contributed by atoms with Gasteiger partial charge in [-0.25, -0.2) is 9.97 Å². The first kappa shape index (κ1) is 16.8. The summed E-state index contributed by atoms with van der Waals surface area (Å²) < 4.78 is 5.24. The van der Waals surface area contributed by atoms with Gasteiger partial charge >= 0.3 is 0 Å². The SMILES string of the molecule is CC(c1ccncn1)N(C)C(=O)CCc1nc(-c2ccccc2)no1. The van der Waals surface area contributed by atoms with Crippen LogP contribution in [0.5, 0.6) is 0 Å². The number of carbonyl (C=O) groups excluding carboxylic acids is 1. The van der Waals surface area contributed by atoms with Gasteiger partial charge in [-0.05, 0) is 13.0 Å². The number of hydrogen-bond donors (Lipinski definition) is 0. The zero-order chi connectivity index (χ0) is 17.6. The average molecular weight is 337 g/mol. The number of amides is 1. The van der Waals surface area contributed by atoms with Crippen LogP contribution in [0.25, 0.3) is 11.4 Å². The molecule has 0 saturated heterocycles. The van der Waals surface area contributed by atoms with Crippen LogP contribution in [0.3, 0.4) is 0 Å². The van der Waals surface area contributed by atoms with Gasteiger partial charge in [0, 0.05) is 31.6 Å². The molecule has 1 aromatic carbocycles. The highest BCUT2D eigenvalue weighted by Gasteiger charge is 2.19. The summed E-state index contributed by atoms with van der Waals surface area (Å²) in [5.41, 5.74) is 1.69. The minimum Gasteiger partial charge on any atom is -0.339 e. The van der Waals surface area contributed by atoms with Crippen molar-refractivity contribution in [3.05, 3.63) is 60.5 Å². The number of carbonyl (C=O) groups is 1. The fraction of sp³-hybridized carbons (Fsp3) is 0.278. The van der Waals surface area contributed by atoms with Crippen molar-refractivity contribution in [1.82, 2.24) is 25.0 Å². The highest BCUT2D eigenvalue weighted by atomic mass is 16.5. The van der Waals surface area contributed by atoms with E-state index < -0.39 is 0 Å². The smallest absolute Gasteiger partial charge is 0.227 e. The molecule has 25 heavy (non-hydrogen) atoms. The monoisotopic (exact) mass is 337 g/mol.